The van der Waals surface area contributed by atoms with E-state index in [0.29, 0.717) is 6.42 Å². The maximum atomic E-state index is 12.9. The van der Waals surface area contributed by atoms with Crippen LogP contribution in [0.15, 0.2) is 97.3 Å². The van der Waals surface area contributed by atoms with Crippen molar-refractivity contribution >= 4 is 11.6 Å². The van der Waals surface area contributed by atoms with Gasteiger partial charge in [0.15, 0.2) is 11.6 Å². The molecule has 0 atom stereocenters. The lowest BCUT2D eigenvalue weighted by atomic mass is 9.96. The molecule has 0 unspecified atom stereocenters. The van der Waals surface area contributed by atoms with Crippen LogP contribution in [-0.2, 0) is 12.8 Å². The molecule has 0 N–H and O–H groups in total. The van der Waals surface area contributed by atoms with Crippen LogP contribution in [0.4, 0.5) is 13.2 Å². The van der Waals surface area contributed by atoms with Crippen LogP contribution >= 0.6 is 0 Å². The molecular formula is C29H22F3NO3. The van der Waals surface area contributed by atoms with Crippen LogP contribution in [-0.4, -0.2) is 22.9 Å². The van der Waals surface area contributed by atoms with Gasteiger partial charge in [-0.1, -0.05) is 60.7 Å². The molecule has 182 valence electrons. The van der Waals surface area contributed by atoms with Crippen LogP contribution in [0.25, 0.3) is 11.1 Å². The topological polar surface area (TPSA) is 56.3 Å². The molecule has 0 saturated carbocycles. The summed E-state index contributed by atoms with van der Waals surface area (Å²) in [4.78, 5) is 29.8. The number of carbonyl (C=O) groups is 2. The number of aromatic nitrogens is 1. The van der Waals surface area contributed by atoms with E-state index in [1.165, 1.54) is 12.1 Å². The molecule has 1 heterocycles. The highest BCUT2D eigenvalue weighted by Crippen LogP contribution is 2.29. The molecule has 0 spiro atoms. The van der Waals surface area contributed by atoms with Gasteiger partial charge in [-0.3, -0.25) is 14.6 Å². The molecule has 0 aliphatic rings. The number of Topliss-reactive ketones (excluding diaryl/α,β-unsaturated/α-hetero) is 2. The van der Waals surface area contributed by atoms with E-state index < -0.39 is 17.9 Å². The zero-order chi connectivity index (χ0) is 25.5. The first kappa shape index (κ1) is 24.9. The molecule has 7 heteroatoms. The van der Waals surface area contributed by atoms with Crippen molar-refractivity contribution in [3.63, 3.8) is 0 Å². The standard InChI is InChI=1S/C29H22F3NO3/c30-29(31,32)36-28-15-13-24(18-25(28)26(34)14-10-21-5-4-16-33-19-21)27(35)17-20-8-11-23(12-9-20)22-6-2-1-3-7-22/h1-9,11-13,15-16,18-19H,10,14,17H2. The molecule has 0 bridgehead atoms. The van der Waals surface area contributed by atoms with Gasteiger partial charge in [0.1, 0.15) is 5.75 Å². The largest absolute Gasteiger partial charge is 0.573 e. The first-order valence-electron chi connectivity index (χ1n) is 11.3. The van der Waals surface area contributed by atoms with Gasteiger partial charge in [-0.2, -0.15) is 0 Å². The molecule has 0 amide bonds. The fraction of sp³-hybridized carbons (Fsp3) is 0.138. The molecule has 4 rings (SSSR count). The van der Waals surface area contributed by atoms with Crippen LogP contribution in [0.1, 0.15) is 38.3 Å². The molecule has 1 aromatic heterocycles. The summed E-state index contributed by atoms with van der Waals surface area (Å²) in [6, 6.07) is 24.2. The summed E-state index contributed by atoms with van der Waals surface area (Å²) in [5.41, 5.74) is 3.44. The van der Waals surface area contributed by atoms with E-state index in [4.69, 9.17) is 0 Å². The number of ketones is 2. The van der Waals surface area contributed by atoms with Gasteiger partial charge in [0.05, 0.1) is 5.56 Å². The van der Waals surface area contributed by atoms with Gasteiger partial charge in [0, 0.05) is 30.8 Å². The second-order valence-electron chi connectivity index (χ2n) is 8.21. The van der Waals surface area contributed by atoms with Crippen molar-refractivity contribution in [2.24, 2.45) is 0 Å². The molecule has 4 aromatic rings. The van der Waals surface area contributed by atoms with Crippen molar-refractivity contribution < 1.29 is 27.5 Å². The highest BCUT2D eigenvalue weighted by atomic mass is 19.4. The van der Waals surface area contributed by atoms with Crippen molar-refractivity contribution in [2.75, 3.05) is 0 Å². The SMILES string of the molecule is O=C(Cc1ccc(-c2ccccc2)cc1)c1ccc(OC(F)(F)F)c(C(=O)CCc2cccnc2)c1. The fourth-order valence-electron chi connectivity index (χ4n) is 3.81. The lowest BCUT2D eigenvalue weighted by molar-refractivity contribution is -0.274. The number of rotatable bonds is 9. The number of aryl methyl sites for hydroxylation is 1. The molecule has 36 heavy (non-hydrogen) atoms. The number of benzene rings is 3. The number of hydrogen-bond acceptors (Lipinski definition) is 4. The first-order valence-corrected chi connectivity index (χ1v) is 11.3. The number of ether oxygens (including phenoxy) is 1. The van der Waals surface area contributed by atoms with Crippen LogP contribution < -0.4 is 4.74 Å². The summed E-state index contributed by atoms with van der Waals surface area (Å²) < 4.78 is 42.9. The van der Waals surface area contributed by atoms with Crippen LogP contribution in [0.3, 0.4) is 0 Å². The molecule has 0 fully saturated rings. The number of hydrogen-bond donors (Lipinski definition) is 0. The van der Waals surface area contributed by atoms with Crippen LogP contribution in [0.5, 0.6) is 5.75 Å². The fourth-order valence-corrected chi connectivity index (χ4v) is 3.81. The predicted octanol–water partition coefficient (Wildman–Crippen LogP) is 6.89. The van der Waals surface area contributed by atoms with E-state index in [-0.39, 0.29) is 29.8 Å². The summed E-state index contributed by atoms with van der Waals surface area (Å²) in [6.45, 7) is 0. The van der Waals surface area contributed by atoms with E-state index in [9.17, 15) is 22.8 Å². The van der Waals surface area contributed by atoms with Gasteiger partial charge in [-0.25, -0.2) is 0 Å². The third-order valence-corrected chi connectivity index (χ3v) is 5.62. The molecule has 0 radical (unpaired) electrons. The summed E-state index contributed by atoms with van der Waals surface area (Å²) in [5, 5.41) is 0. The van der Waals surface area contributed by atoms with E-state index in [0.717, 1.165) is 28.3 Å². The van der Waals surface area contributed by atoms with Crippen molar-refractivity contribution in [1.82, 2.24) is 4.98 Å². The van der Waals surface area contributed by atoms with Gasteiger partial charge < -0.3 is 4.74 Å². The smallest absolute Gasteiger partial charge is 0.405 e. The third kappa shape index (κ3) is 6.66. The Morgan fingerprint density at radius 2 is 1.50 bits per heavy atom. The molecule has 4 nitrogen and oxygen atoms in total. The number of carbonyl (C=O) groups excluding carboxylic acids is 2. The molecule has 0 aliphatic carbocycles. The van der Waals surface area contributed by atoms with Crippen molar-refractivity contribution in [3.05, 3.63) is 120 Å². The Hall–Kier alpha value is -4.26. The van der Waals surface area contributed by atoms with E-state index in [2.05, 4.69) is 9.72 Å². The molecular weight excluding hydrogens is 467 g/mol. The highest BCUT2D eigenvalue weighted by molar-refractivity contribution is 6.03. The molecule has 0 aliphatic heterocycles. The van der Waals surface area contributed by atoms with E-state index in [1.54, 1.807) is 24.5 Å². The lowest BCUT2D eigenvalue weighted by Crippen LogP contribution is -2.19. The minimum absolute atomic E-state index is 0.0395. The number of alkyl halides is 3. The lowest BCUT2D eigenvalue weighted by Gasteiger charge is -2.14. The van der Waals surface area contributed by atoms with Crippen LogP contribution in [0.2, 0.25) is 0 Å². The monoisotopic (exact) mass is 489 g/mol. The Balaban J connectivity index is 1.52. The Morgan fingerprint density at radius 3 is 2.17 bits per heavy atom. The zero-order valence-corrected chi connectivity index (χ0v) is 19.2. The van der Waals surface area contributed by atoms with Gasteiger partial charge in [0.2, 0.25) is 0 Å². The second kappa shape index (κ2) is 11.0. The minimum Gasteiger partial charge on any atom is -0.405 e. The number of pyridine rings is 1. The quantitative estimate of drug-likeness (QED) is 0.240. The molecule has 0 saturated heterocycles. The van der Waals surface area contributed by atoms with E-state index >= 15 is 0 Å². The van der Waals surface area contributed by atoms with Crippen molar-refractivity contribution in [1.29, 1.82) is 0 Å². The maximum Gasteiger partial charge on any atom is 0.573 e. The summed E-state index contributed by atoms with van der Waals surface area (Å²) >= 11 is 0. The third-order valence-electron chi connectivity index (χ3n) is 5.62. The predicted molar refractivity (Wildman–Crippen MR) is 130 cm³/mol. The number of halogens is 3. The first-order chi connectivity index (χ1) is 17.3. The Labute approximate surface area is 206 Å². The Morgan fingerprint density at radius 1 is 0.778 bits per heavy atom. The Bertz CT molecular complexity index is 1340. The summed E-state index contributed by atoms with van der Waals surface area (Å²) in [7, 11) is 0. The highest BCUT2D eigenvalue weighted by Gasteiger charge is 2.33. The zero-order valence-electron chi connectivity index (χ0n) is 19.2. The van der Waals surface area contributed by atoms with E-state index in [1.807, 2.05) is 54.6 Å². The van der Waals surface area contributed by atoms with Crippen LogP contribution in [0, 0.1) is 0 Å². The van der Waals surface area contributed by atoms with Gasteiger partial charge in [-0.15, -0.1) is 13.2 Å². The second-order valence-corrected chi connectivity index (χ2v) is 8.21. The average molecular weight is 489 g/mol. The van der Waals surface area contributed by atoms with Crippen molar-refractivity contribution in [2.45, 2.75) is 25.6 Å². The summed E-state index contributed by atoms with van der Waals surface area (Å²) in [5.74, 6) is -1.50. The number of nitrogens with zero attached hydrogens (tertiary/aromatic N) is 1. The van der Waals surface area contributed by atoms with Gasteiger partial charge >= 0.3 is 6.36 Å². The minimum atomic E-state index is -4.97. The average Bonchev–Trinajstić information content (AvgIpc) is 2.88. The van der Waals surface area contributed by atoms with Gasteiger partial charge in [-0.05, 0) is 52.9 Å². The molecule has 3 aromatic carbocycles. The Kier molecular flexibility index (Phi) is 7.59. The van der Waals surface area contributed by atoms with Gasteiger partial charge in [0.25, 0.3) is 0 Å². The normalized spacial score (nSPS) is 11.2. The summed E-state index contributed by atoms with van der Waals surface area (Å²) in [6.07, 6.45) is -1.51. The van der Waals surface area contributed by atoms with Crippen molar-refractivity contribution in [3.8, 4) is 16.9 Å². The maximum absolute atomic E-state index is 12.9.